The zero-order valence-corrected chi connectivity index (χ0v) is 7.59. The SMILES string of the molecule is CCC(N(C)C)[N+](C)(C)[O-]. The Hall–Kier alpha value is -0.120. The van der Waals surface area contributed by atoms with Gasteiger partial charge in [-0.25, -0.2) is 0 Å². The molecule has 1 atom stereocenters. The summed E-state index contributed by atoms with van der Waals surface area (Å²) >= 11 is 0. The van der Waals surface area contributed by atoms with Crippen LogP contribution in [0.5, 0.6) is 0 Å². The minimum Gasteiger partial charge on any atom is -0.632 e. The summed E-state index contributed by atoms with van der Waals surface area (Å²) in [6.07, 6.45) is 0.976. The van der Waals surface area contributed by atoms with Crippen molar-refractivity contribution >= 4 is 0 Å². The van der Waals surface area contributed by atoms with E-state index >= 15 is 0 Å². The topological polar surface area (TPSA) is 26.3 Å². The first kappa shape index (κ1) is 9.88. The molecule has 10 heavy (non-hydrogen) atoms. The van der Waals surface area contributed by atoms with E-state index in [1.165, 1.54) is 0 Å². The highest BCUT2D eigenvalue weighted by Crippen LogP contribution is 2.09. The molecule has 0 saturated carbocycles. The van der Waals surface area contributed by atoms with Gasteiger partial charge in [0.15, 0.2) is 0 Å². The van der Waals surface area contributed by atoms with Crippen LogP contribution in [0.4, 0.5) is 0 Å². The average molecular weight is 146 g/mol. The zero-order valence-electron chi connectivity index (χ0n) is 7.59. The molecule has 0 aromatic carbocycles. The van der Waals surface area contributed by atoms with Crippen LogP contribution in [0.1, 0.15) is 13.3 Å². The Labute approximate surface area is 63.4 Å². The molecule has 3 heteroatoms. The van der Waals surface area contributed by atoms with Crippen molar-refractivity contribution < 1.29 is 4.65 Å². The lowest BCUT2D eigenvalue weighted by Crippen LogP contribution is -2.51. The van der Waals surface area contributed by atoms with E-state index in [0.29, 0.717) is 0 Å². The molecule has 0 aromatic heterocycles. The Kier molecular flexibility index (Phi) is 3.28. The molecule has 1 unspecified atom stereocenters. The van der Waals surface area contributed by atoms with E-state index in [0.717, 1.165) is 6.42 Å². The molecule has 0 rings (SSSR count). The summed E-state index contributed by atoms with van der Waals surface area (Å²) in [6, 6.07) is 0. The standard InChI is InChI=1S/C7H18N2O/c1-6-7(8(2)3)9(4,5)10/h7H,6H2,1-5H3. The molecule has 3 nitrogen and oxygen atoms in total. The van der Waals surface area contributed by atoms with E-state index in [1.54, 1.807) is 14.1 Å². The Bertz CT molecular complexity index is 96.3. The second kappa shape index (κ2) is 3.32. The molecule has 0 bridgehead atoms. The van der Waals surface area contributed by atoms with Crippen molar-refractivity contribution in [3.63, 3.8) is 0 Å². The summed E-state index contributed by atoms with van der Waals surface area (Å²) in [5, 5.41) is 11.4. The second-order valence-electron chi connectivity index (χ2n) is 3.29. The highest BCUT2D eigenvalue weighted by atomic mass is 16.5. The van der Waals surface area contributed by atoms with Gasteiger partial charge in [0, 0.05) is 6.42 Å². The maximum absolute atomic E-state index is 11.4. The van der Waals surface area contributed by atoms with E-state index in [-0.39, 0.29) is 10.8 Å². The van der Waals surface area contributed by atoms with Crippen LogP contribution < -0.4 is 0 Å². The zero-order chi connectivity index (χ0) is 8.36. The first-order valence-electron chi connectivity index (χ1n) is 3.60. The molecule has 0 aliphatic carbocycles. The predicted molar refractivity (Wildman–Crippen MR) is 43.2 cm³/mol. The van der Waals surface area contributed by atoms with Gasteiger partial charge >= 0.3 is 0 Å². The van der Waals surface area contributed by atoms with Crippen LogP contribution in [0, 0.1) is 5.21 Å². The first-order valence-corrected chi connectivity index (χ1v) is 3.60. The maximum Gasteiger partial charge on any atom is 0.143 e. The summed E-state index contributed by atoms with van der Waals surface area (Å²) < 4.78 is -0.233. The van der Waals surface area contributed by atoms with Crippen LogP contribution in [-0.2, 0) is 0 Å². The van der Waals surface area contributed by atoms with Crippen molar-refractivity contribution in [1.82, 2.24) is 4.90 Å². The fourth-order valence-corrected chi connectivity index (χ4v) is 1.36. The van der Waals surface area contributed by atoms with Gasteiger partial charge in [-0.05, 0) is 14.1 Å². The van der Waals surface area contributed by atoms with E-state index < -0.39 is 0 Å². The van der Waals surface area contributed by atoms with Crippen molar-refractivity contribution in [2.24, 2.45) is 0 Å². The van der Waals surface area contributed by atoms with Gasteiger partial charge in [-0.1, -0.05) is 6.92 Å². The van der Waals surface area contributed by atoms with Crippen molar-refractivity contribution in [1.29, 1.82) is 0 Å². The van der Waals surface area contributed by atoms with Crippen LogP contribution >= 0.6 is 0 Å². The molecule has 0 aliphatic rings. The fourth-order valence-electron chi connectivity index (χ4n) is 1.36. The molecule has 0 aromatic rings. The third kappa shape index (κ3) is 2.64. The van der Waals surface area contributed by atoms with Gasteiger partial charge in [0.25, 0.3) is 0 Å². The molecule has 0 N–H and O–H groups in total. The van der Waals surface area contributed by atoms with Gasteiger partial charge < -0.3 is 9.85 Å². The number of rotatable bonds is 3. The molecule has 0 radical (unpaired) electrons. The Morgan fingerprint density at radius 2 is 1.80 bits per heavy atom. The Morgan fingerprint density at radius 3 is 1.80 bits per heavy atom. The van der Waals surface area contributed by atoms with Gasteiger partial charge in [-0.15, -0.1) is 0 Å². The normalized spacial score (nSPS) is 15.9. The Balaban J connectivity index is 4.07. The molecule has 0 saturated heterocycles. The molecular formula is C7H18N2O. The second-order valence-corrected chi connectivity index (χ2v) is 3.29. The molecule has 0 amide bonds. The summed E-state index contributed by atoms with van der Waals surface area (Å²) in [6.45, 7) is 2.03. The van der Waals surface area contributed by atoms with E-state index in [9.17, 15) is 5.21 Å². The van der Waals surface area contributed by atoms with Crippen LogP contribution in [-0.4, -0.2) is 43.9 Å². The molecule has 0 heterocycles. The molecule has 0 aliphatic heterocycles. The minimum atomic E-state index is -0.233. The summed E-state index contributed by atoms with van der Waals surface area (Å²) in [5.41, 5.74) is 0. The maximum atomic E-state index is 11.4. The number of hydrogen-bond donors (Lipinski definition) is 0. The van der Waals surface area contributed by atoms with Gasteiger partial charge in [0.05, 0.1) is 14.1 Å². The minimum absolute atomic E-state index is 0.0833. The smallest absolute Gasteiger partial charge is 0.143 e. The highest BCUT2D eigenvalue weighted by molar-refractivity contribution is 4.51. The first-order chi connectivity index (χ1) is 4.39. The van der Waals surface area contributed by atoms with Gasteiger partial charge in [-0.2, -0.15) is 0 Å². The number of quaternary nitrogens is 1. The van der Waals surface area contributed by atoms with Gasteiger partial charge in [0.1, 0.15) is 6.17 Å². The summed E-state index contributed by atoms with van der Waals surface area (Å²) in [5.74, 6) is 0. The number of nitrogens with zero attached hydrogens (tertiary/aromatic N) is 2. The largest absolute Gasteiger partial charge is 0.632 e. The van der Waals surface area contributed by atoms with Crippen molar-refractivity contribution in [2.75, 3.05) is 28.2 Å². The van der Waals surface area contributed by atoms with Gasteiger partial charge in [-0.3, -0.25) is 4.90 Å². The van der Waals surface area contributed by atoms with Crippen LogP contribution in [0.2, 0.25) is 0 Å². The molecule has 0 fully saturated rings. The lowest BCUT2D eigenvalue weighted by molar-refractivity contribution is -0.879. The monoisotopic (exact) mass is 146 g/mol. The van der Waals surface area contributed by atoms with Crippen molar-refractivity contribution in [3.05, 3.63) is 5.21 Å². The van der Waals surface area contributed by atoms with E-state index in [1.807, 2.05) is 25.9 Å². The average Bonchev–Trinajstić information content (AvgIpc) is 1.60. The van der Waals surface area contributed by atoms with Crippen molar-refractivity contribution in [3.8, 4) is 0 Å². The van der Waals surface area contributed by atoms with Crippen LogP contribution in [0.25, 0.3) is 0 Å². The quantitative estimate of drug-likeness (QED) is 0.335. The van der Waals surface area contributed by atoms with Crippen LogP contribution in [0.15, 0.2) is 0 Å². The van der Waals surface area contributed by atoms with E-state index in [2.05, 4.69) is 0 Å². The lowest BCUT2D eigenvalue weighted by atomic mass is 10.3. The fraction of sp³-hybridized carbons (Fsp3) is 1.00. The number of hydroxylamine groups is 3. The van der Waals surface area contributed by atoms with E-state index in [4.69, 9.17) is 0 Å². The van der Waals surface area contributed by atoms with Gasteiger partial charge in [0.2, 0.25) is 0 Å². The predicted octanol–water partition coefficient (Wildman–Crippen LogP) is 0.858. The van der Waals surface area contributed by atoms with Crippen LogP contribution in [0.3, 0.4) is 0 Å². The molecular weight excluding hydrogens is 128 g/mol. The summed E-state index contributed by atoms with van der Waals surface area (Å²) in [7, 11) is 7.22. The number of hydrogen-bond acceptors (Lipinski definition) is 2. The highest BCUT2D eigenvalue weighted by Gasteiger charge is 2.19. The summed E-state index contributed by atoms with van der Waals surface area (Å²) in [4.78, 5) is 1.97. The third-order valence-corrected chi connectivity index (χ3v) is 1.68. The molecule has 0 spiro atoms. The van der Waals surface area contributed by atoms with Crippen molar-refractivity contribution in [2.45, 2.75) is 19.5 Å². The molecule has 62 valence electrons. The third-order valence-electron chi connectivity index (χ3n) is 1.68. The lowest BCUT2D eigenvalue weighted by Gasteiger charge is -2.44. The Morgan fingerprint density at radius 1 is 1.40 bits per heavy atom.